The molecule has 2 aliphatic rings. The Balaban J connectivity index is 1.41. The lowest BCUT2D eigenvalue weighted by Gasteiger charge is -2.35. The van der Waals surface area contributed by atoms with Gasteiger partial charge in [-0.25, -0.2) is 9.97 Å². The number of piperazine rings is 1. The van der Waals surface area contributed by atoms with Gasteiger partial charge in [0.2, 0.25) is 5.82 Å². The monoisotopic (exact) mass is 384 g/mol. The minimum absolute atomic E-state index is 0.0302. The second kappa shape index (κ2) is 6.75. The van der Waals surface area contributed by atoms with Crippen LogP contribution in [-0.2, 0) is 4.79 Å². The Morgan fingerprint density at radius 3 is 2.14 bits per heavy atom. The van der Waals surface area contributed by atoms with E-state index in [1.165, 1.54) is 30.6 Å². The summed E-state index contributed by atoms with van der Waals surface area (Å²) < 4.78 is 0. The lowest BCUT2D eigenvalue weighted by atomic mass is 10.1. The van der Waals surface area contributed by atoms with Crippen molar-refractivity contribution in [1.82, 2.24) is 19.8 Å². The van der Waals surface area contributed by atoms with Crippen LogP contribution in [0.3, 0.4) is 0 Å². The predicted octanol–water partition coefficient (Wildman–Crippen LogP) is 0.364. The number of benzene rings is 1. The smallest absolute Gasteiger partial charge is 0.291 e. The molecule has 1 aromatic heterocycles. The molecule has 4 rings (SSSR count). The van der Waals surface area contributed by atoms with Gasteiger partial charge in [-0.1, -0.05) is 0 Å². The van der Waals surface area contributed by atoms with E-state index in [9.17, 15) is 24.9 Å². The Morgan fingerprint density at radius 1 is 0.964 bits per heavy atom. The van der Waals surface area contributed by atoms with Crippen molar-refractivity contribution >= 4 is 11.8 Å². The lowest BCUT2D eigenvalue weighted by Crippen LogP contribution is -2.53. The van der Waals surface area contributed by atoms with Crippen molar-refractivity contribution in [3.63, 3.8) is 0 Å². The fourth-order valence-electron chi connectivity index (χ4n) is 3.22. The van der Waals surface area contributed by atoms with E-state index in [4.69, 9.17) is 0 Å². The van der Waals surface area contributed by atoms with Gasteiger partial charge in [-0.3, -0.25) is 9.59 Å². The summed E-state index contributed by atoms with van der Waals surface area (Å²) in [6, 6.07) is 4.19. The van der Waals surface area contributed by atoms with E-state index in [1.54, 1.807) is 9.80 Å². The molecule has 2 fully saturated rings. The number of carbonyl (C=O) groups is 2. The van der Waals surface area contributed by atoms with Crippen LogP contribution >= 0.6 is 0 Å². The van der Waals surface area contributed by atoms with E-state index >= 15 is 0 Å². The quantitative estimate of drug-likeness (QED) is 0.697. The SMILES string of the molecule is O=C(c1ncc(-c2ccc(O)cc2O)cn1)N1CCN(C(=O)C2(O)CC2)CC1. The first kappa shape index (κ1) is 18.2. The van der Waals surface area contributed by atoms with Crippen molar-refractivity contribution in [1.29, 1.82) is 0 Å². The second-order valence-corrected chi connectivity index (χ2v) is 7.11. The molecule has 0 bridgehead atoms. The molecule has 9 nitrogen and oxygen atoms in total. The molecule has 146 valence electrons. The number of phenols is 2. The number of carbonyl (C=O) groups excluding carboxylic acids is 2. The Kier molecular flexibility index (Phi) is 4.38. The first-order valence-corrected chi connectivity index (χ1v) is 9.03. The zero-order chi connectivity index (χ0) is 19.9. The van der Waals surface area contributed by atoms with Gasteiger partial charge in [-0.05, 0) is 25.0 Å². The number of nitrogens with zero attached hydrogens (tertiary/aromatic N) is 4. The van der Waals surface area contributed by atoms with Gasteiger partial charge in [0.1, 0.15) is 17.1 Å². The third-order valence-electron chi connectivity index (χ3n) is 5.11. The Labute approximate surface area is 160 Å². The van der Waals surface area contributed by atoms with Gasteiger partial charge >= 0.3 is 0 Å². The van der Waals surface area contributed by atoms with Gasteiger partial charge < -0.3 is 25.1 Å². The highest BCUT2D eigenvalue weighted by molar-refractivity contribution is 5.91. The number of aromatic nitrogens is 2. The summed E-state index contributed by atoms with van der Waals surface area (Å²) in [4.78, 5) is 36.1. The van der Waals surface area contributed by atoms with E-state index < -0.39 is 5.60 Å². The third kappa shape index (κ3) is 3.36. The molecular formula is C19H20N4O5. The fraction of sp³-hybridized carbons (Fsp3) is 0.368. The molecule has 1 aliphatic heterocycles. The van der Waals surface area contributed by atoms with Crippen LogP contribution in [-0.4, -0.2) is 78.7 Å². The molecule has 28 heavy (non-hydrogen) atoms. The molecule has 2 aromatic rings. The van der Waals surface area contributed by atoms with Crippen molar-refractivity contribution < 1.29 is 24.9 Å². The van der Waals surface area contributed by atoms with Crippen LogP contribution in [0.5, 0.6) is 11.5 Å². The number of hydrogen-bond acceptors (Lipinski definition) is 7. The second-order valence-electron chi connectivity index (χ2n) is 7.11. The van der Waals surface area contributed by atoms with Crippen LogP contribution in [0.2, 0.25) is 0 Å². The maximum Gasteiger partial charge on any atom is 0.291 e. The van der Waals surface area contributed by atoms with Crippen molar-refractivity contribution in [3.8, 4) is 22.6 Å². The van der Waals surface area contributed by atoms with Crippen LogP contribution in [0.4, 0.5) is 0 Å². The maximum atomic E-state index is 12.6. The van der Waals surface area contributed by atoms with Crippen LogP contribution < -0.4 is 0 Å². The van der Waals surface area contributed by atoms with Gasteiger partial charge in [-0.15, -0.1) is 0 Å². The molecule has 3 N–H and O–H groups in total. The molecule has 1 saturated heterocycles. The van der Waals surface area contributed by atoms with Crippen LogP contribution in [0, 0.1) is 0 Å². The molecular weight excluding hydrogens is 364 g/mol. The number of amides is 2. The standard InChI is InChI=1S/C19H20N4O5/c24-13-1-2-14(15(25)9-13)12-10-20-16(21-11-12)17(26)22-5-7-23(8-6-22)18(27)19(28)3-4-19/h1-2,9-11,24-25,28H,3-8H2. The highest BCUT2D eigenvalue weighted by Gasteiger charge is 2.50. The number of aliphatic hydroxyl groups is 1. The van der Waals surface area contributed by atoms with Crippen LogP contribution in [0.1, 0.15) is 23.5 Å². The van der Waals surface area contributed by atoms with Gasteiger partial charge in [0.25, 0.3) is 11.8 Å². The average molecular weight is 384 g/mol. The fourth-order valence-corrected chi connectivity index (χ4v) is 3.22. The van der Waals surface area contributed by atoms with Crippen molar-refractivity contribution in [3.05, 3.63) is 36.4 Å². The minimum atomic E-state index is -1.19. The third-order valence-corrected chi connectivity index (χ3v) is 5.11. The van der Waals surface area contributed by atoms with Crippen LogP contribution in [0.15, 0.2) is 30.6 Å². The normalized spacial score (nSPS) is 18.0. The molecule has 0 spiro atoms. The summed E-state index contributed by atoms with van der Waals surface area (Å²) in [7, 11) is 0. The van der Waals surface area contributed by atoms with Gasteiger partial charge in [0, 0.05) is 55.8 Å². The van der Waals surface area contributed by atoms with Gasteiger partial charge in [0.15, 0.2) is 0 Å². The molecule has 9 heteroatoms. The van der Waals surface area contributed by atoms with E-state index in [0.29, 0.717) is 50.1 Å². The van der Waals surface area contributed by atoms with Crippen molar-refractivity contribution in [2.75, 3.05) is 26.2 Å². The van der Waals surface area contributed by atoms with E-state index in [-0.39, 0.29) is 29.1 Å². The summed E-state index contributed by atoms with van der Waals surface area (Å²) in [6.45, 7) is 1.44. The number of hydrogen-bond donors (Lipinski definition) is 3. The molecule has 2 amide bonds. The summed E-state index contributed by atoms with van der Waals surface area (Å²) in [5, 5.41) is 29.2. The first-order chi connectivity index (χ1) is 13.4. The van der Waals surface area contributed by atoms with Crippen molar-refractivity contribution in [2.45, 2.75) is 18.4 Å². The zero-order valence-corrected chi connectivity index (χ0v) is 15.1. The zero-order valence-electron chi connectivity index (χ0n) is 15.1. The highest BCUT2D eigenvalue weighted by atomic mass is 16.3. The molecule has 0 unspecified atom stereocenters. The first-order valence-electron chi connectivity index (χ1n) is 9.03. The van der Waals surface area contributed by atoms with Crippen molar-refractivity contribution in [2.24, 2.45) is 0 Å². The number of rotatable bonds is 3. The number of aromatic hydroxyl groups is 2. The summed E-state index contributed by atoms with van der Waals surface area (Å²) in [5.41, 5.74) is -0.227. The van der Waals surface area contributed by atoms with E-state index in [1.807, 2.05) is 0 Å². The molecule has 1 aliphatic carbocycles. The van der Waals surface area contributed by atoms with Gasteiger partial charge in [0.05, 0.1) is 0 Å². The molecule has 1 saturated carbocycles. The Hall–Kier alpha value is -3.20. The van der Waals surface area contributed by atoms with Gasteiger partial charge in [-0.2, -0.15) is 0 Å². The predicted molar refractivity (Wildman–Crippen MR) is 97.5 cm³/mol. The van der Waals surface area contributed by atoms with E-state index in [2.05, 4.69) is 9.97 Å². The Bertz CT molecular complexity index is 918. The van der Waals surface area contributed by atoms with Crippen LogP contribution in [0.25, 0.3) is 11.1 Å². The van der Waals surface area contributed by atoms with E-state index in [0.717, 1.165) is 0 Å². The largest absolute Gasteiger partial charge is 0.508 e. The summed E-state index contributed by atoms with van der Waals surface area (Å²) in [6.07, 6.45) is 3.88. The average Bonchev–Trinajstić information content (AvgIpc) is 3.46. The highest BCUT2D eigenvalue weighted by Crippen LogP contribution is 2.37. The molecule has 1 aromatic carbocycles. The maximum absolute atomic E-state index is 12.6. The topological polar surface area (TPSA) is 127 Å². The molecule has 0 radical (unpaired) electrons. The molecule has 2 heterocycles. The lowest BCUT2D eigenvalue weighted by molar-refractivity contribution is -0.143. The Morgan fingerprint density at radius 2 is 1.57 bits per heavy atom. The summed E-state index contributed by atoms with van der Waals surface area (Å²) >= 11 is 0. The molecule has 0 atom stereocenters. The number of phenolic OH excluding ortho intramolecular Hbond substituents is 2. The summed E-state index contributed by atoms with van der Waals surface area (Å²) in [5.74, 6) is -0.726. The minimum Gasteiger partial charge on any atom is -0.508 e.